The number of rotatable bonds is 7. The summed E-state index contributed by atoms with van der Waals surface area (Å²) < 4.78 is 7.91. The van der Waals surface area contributed by atoms with Crippen molar-refractivity contribution in [1.29, 1.82) is 0 Å². The summed E-state index contributed by atoms with van der Waals surface area (Å²) in [5.74, 6) is 1.68. The van der Waals surface area contributed by atoms with Crippen molar-refractivity contribution in [1.82, 2.24) is 20.4 Å². The zero-order valence-corrected chi connectivity index (χ0v) is 18.6. The maximum atomic E-state index is 6.06. The van der Waals surface area contributed by atoms with Crippen LogP contribution in [-0.2, 0) is 20.1 Å². The standard InChI is InChI=1S/C19H29N5O.HI/c1-6-15(3)25-18-11-14(2)7-8-16(18)12-21-19(20-4)22-13-17-9-10-23-24(17)5;/h7-11,15H,6,12-13H2,1-5H3,(H2,20,21,22);1H. The van der Waals surface area contributed by atoms with E-state index in [1.54, 1.807) is 13.2 Å². The Morgan fingerprint density at radius 1 is 1.27 bits per heavy atom. The second-order valence-corrected chi connectivity index (χ2v) is 6.17. The molecular formula is C19H30IN5O. The van der Waals surface area contributed by atoms with Crippen molar-refractivity contribution in [3.63, 3.8) is 0 Å². The number of nitrogens with one attached hydrogen (secondary N) is 2. The van der Waals surface area contributed by atoms with Crippen LogP contribution in [0.25, 0.3) is 0 Å². The summed E-state index contributed by atoms with van der Waals surface area (Å²) in [4.78, 5) is 4.28. The first kappa shape index (κ1) is 22.3. The van der Waals surface area contributed by atoms with Crippen LogP contribution in [0.2, 0.25) is 0 Å². The molecule has 0 saturated carbocycles. The van der Waals surface area contributed by atoms with Gasteiger partial charge in [0, 0.05) is 32.4 Å². The van der Waals surface area contributed by atoms with E-state index in [0.717, 1.165) is 29.4 Å². The predicted molar refractivity (Wildman–Crippen MR) is 117 cm³/mol. The van der Waals surface area contributed by atoms with E-state index in [1.165, 1.54) is 5.56 Å². The van der Waals surface area contributed by atoms with Crippen LogP contribution in [0.1, 0.15) is 37.1 Å². The highest BCUT2D eigenvalue weighted by Crippen LogP contribution is 2.22. The molecule has 1 aromatic heterocycles. The number of aliphatic imine (C=N–C) groups is 1. The Balaban J connectivity index is 0.00000338. The molecule has 0 aliphatic rings. The lowest BCUT2D eigenvalue weighted by Crippen LogP contribution is -2.36. The normalized spacial score (nSPS) is 12.3. The first-order valence-corrected chi connectivity index (χ1v) is 8.71. The number of hydrogen-bond acceptors (Lipinski definition) is 3. The Labute approximate surface area is 173 Å². The van der Waals surface area contributed by atoms with Gasteiger partial charge in [0.05, 0.1) is 18.3 Å². The molecule has 0 amide bonds. The minimum atomic E-state index is 0. The molecule has 2 N–H and O–H groups in total. The van der Waals surface area contributed by atoms with E-state index in [9.17, 15) is 0 Å². The smallest absolute Gasteiger partial charge is 0.191 e. The van der Waals surface area contributed by atoms with Gasteiger partial charge in [-0.2, -0.15) is 5.10 Å². The summed E-state index contributed by atoms with van der Waals surface area (Å²) in [6.07, 6.45) is 2.97. The van der Waals surface area contributed by atoms with Crippen LogP contribution in [0.4, 0.5) is 0 Å². The van der Waals surface area contributed by atoms with E-state index < -0.39 is 0 Å². The fourth-order valence-electron chi connectivity index (χ4n) is 2.37. The Morgan fingerprint density at radius 2 is 2.00 bits per heavy atom. The third kappa shape index (κ3) is 6.51. The first-order chi connectivity index (χ1) is 12.0. The third-order valence-electron chi connectivity index (χ3n) is 4.16. The highest BCUT2D eigenvalue weighted by atomic mass is 127. The van der Waals surface area contributed by atoms with Gasteiger partial charge < -0.3 is 15.4 Å². The minimum absolute atomic E-state index is 0. The molecule has 0 bridgehead atoms. The third-order valence-corrected chi connectivity index (χ3v) is 4.16. The van der Waals surface area contributed by atoms with E-state index in [2.05, 4.69) is 59.7 Å². The zero-order chi connectivity index (χ0) is 18.2. The average molecular weight is 471 g/mol. The monoisotopic (exact) mass is 471 g/mol. The Bertz CT molecular complexity index is 714. The maximum Gasteiger partial charge on any atom is 0.191 e. The fourth-order valence-corrected chi connectivity index (χ4v) is 2.37. The van der Waals surface area contributed by atoms with Gasteiger partial charge in [-0.25, -0.2) is 0 Å². The van der Waals surface area contributed by atoms with Crippen LogP contribution >= 0.6 is 24.0 Å². The van der Waals surface area contributed by atoms with Gasteiger partial charge in [0.1, 0.15) is 5.75 Å². The van der Waals surface area contributed by atoms with Gasteiger partial charge in [-0.1, -0.05) is 19.1 Å². The second kappa shape index (κ2) is 11.1. The number of benzene rings is 1. The van der Waals surface area contributed by atoms with Gasteiger partial charge >= 0.3 is 0 Å². The molecule has 1 unspecified atom stereocenters. The van der Waals surface area contributed by atoms with Crippen molar-refractivity contribution >= 4 is 29.9 Å². The number of nitrogens with zero attached hydrogens (tertiary/aromatic N) is 3. The predicted octanol–water partition coefficient (Wildman–Crippen LogP) is 3.39. The van der Waals surface area contributed by atoms with Gasteiger partial charge in [-0.05, 0) is 38.0 Å². The lowest BCUT2D eigenvalue weighted by atomic mass is 10.1. The molecule has 0 aliphatic heterocycles. The zero-order valence-electron chi connectivity index (χ0n) is 16.2. The van der Waals surface area contributed by atoms with Crippen molar-refractivity contribution in [2.75, 3.05) is 7.05 Å². The molecule has 2 aromatic rings. The van der Waals surface area contributed by atoms with Crippen molar-refractivity contribution < 1.29 is 4.74 Å². The lowest BCUT2D eigenvalue weighted by Gasteiger charge is -2.18. The molecular weight excluding hydrogens is 441 g/mol. The summed E-state index contributed by atoms with van der Waals surface area (Å²) in [6.45, 7) is 7.61. The fraction of sp³-hybridized carbons (Fsp3) is 0.474. The SMILES string of the molecule is CCC(C)Oc1cc(C)ccc1CNC(=NC)NCc1ccnn1C.I. The molecule has 0 aliphatic carbocycles. The summed E-state index contributed by atoms with van der Waals surface area (Å²) in [5, 5.41) is 10.8. The van der Waals surface area contributed by atoms with Crippen LogP contribution in [0.3, 0.4) is 0 Å². The molecule has 1 heterocycles. The number of aryl methyl sites for hydroxylation is 2. The highest BCUT2D eigenvalue weighted by molar-refractivity contribution is 14.0. The molecule has 144 valence electrons. The summed E-state index contributed by atoms with van der Waals surface area (Å²) >= 11 is 0. The number of aromatic nitrogens is 2. The number of guanidine groups is 1. The van der Waals surface area contributed by atoms with E-state index in [4.69, 9.17) is 4.74 Å². The largest absolute Gasteiger partial charge is 0.490 e. The molecule has 0 radical (unpaired) electrons. The van der Waals surface area contributed by atoms with Crippen LogP contribution in [0.15, 0.2) is 35.5 Å². The van der Waals surface area contributed by atoms with Crippen LogP contribution < -0.4 is 15.4 Å². The Kier molecular flexibility index (Phi) is 9.47. The van der Waals surface area contributed by atoms with E-state index in [1.807, 2.05) is 17.8 Å². The number of ether oxygens (including phenoxy) is 1. The van der Waals surface area contributed by atoms with E-state index in [-0.39, 0.29) is 30.1 Å². The van der Waals surface area contributed by atoms with Gasteiger partial charge in [0.2, 0.25) is 0 Å². The Hall–Kier alpha value is -1.77. The maximum absolute atomic E-state index is 6.06. The number of halogens is 1. The van der Waals surface area contributed by atoms with Gasteiger partial charge in [0.15, 0.2) is 5.96 Å². The highest BCUT2D eigenvalue weighted by Gasteiger charge is 2.09. The average Bonchev–Trinajstić information content (AvgIpc) is 3.01. The van der Waals surface area contributed by atoms with Crippen molar-refractivity contribution in [3.05, 3.63) is 47.3 Å². The van der Waals surface area contributed by atoms with Gasteiger partial charge in [-0.15, -0.1) is 24.0 Å². The molecule has 7 heteroatoms. The van der Waals surface area contributed by atoms with Crippen LogP contribution in [-0.4, -0.2) is 28.9 Å². The summed E-state index contributed by atoms with van der Waals surface area (Å²) in [7, 11) is 3.70. The molecule has 0 spiro atoms. The van der Waals surface area contributed by atoms with Crippen LogP contribution in [0, 0.1) is 6.92 Å². The quantitative estimate of drug-likeness (QED) is 0.369. The summed E-state index contributed by atoms with van der Waals surface area (Å²) in [5.41, 5.74) is 3.41. The molecule has 0 fully saturated rings. The van der Waals surface area contributed by atoms with Crippen molar-refractivity contribution in [3.8, 4) is 5.75 Å². The van der Waals surface area contributed by atoms with Gasteiger partial charge in [0.25, 0.3) is 0 Å². The molecule has 6 nitrogen and oxygen atoms in total. The topological polar surface area (TPSA) is 63.5 Å². The van der Waals surface area contributed by atoms with Gasteiger partial charge in [-0.3, -0.25) is 9.67 Å². The number of hydrogen-bond donors (Lipinski definition) is 2. The minimum Gasteiger partial charge on any atom is -0.490 e. The molecule has 2 rings (SSSR count). The van der Waals surface area contributed by atoms with Crippen molar-refractivity contribution in [2.24, 2.45) is 12.0 Å². The Morgan fingerprint density at radius 3 is 2.62 bits per heavy atom. The summed E-state index contributed by atoms with van der Waals surface area (Å²) in [6, 6.07) is 8.29. The first-order valence-electron chi connectivity index (χ1n) is 8.71. The lowest BCUT2D eigenvalue weighted by molar-refractivity contribution is 0.215. The van der Waals surface area contributed by atoms with Crippen LogP contribution in [0.5, 0.6) is 5.75 Å². The van der Waals surface area contributed by atoms with Crippen molar-refractivity contribution in [2.45, 2.75) is 46.4 Å². The molecule has 0 saturated heterocycles. The molecule has 1 aromatic carbocycles. The van der Waals surface area contributed by atoms with E-state index in [0.29, 0.717) is 13.1 Å². The second-order valence-electron chi connectivity index (χ2n) is 6.17. The molecule has 1 atom stereocenters. The van der Waals surface area contributed by atoms with E-state index >= 15 is 0 Å². The molecule has 26 heavy (non-hydrogen) atoms.